The molecule has 0 aliphatic rings. The minimum Gasteiger partial charge on any atom is -0.452 e. The molecule has 0 saturated carbocycles. The predicted octanol–water partition coefficient (Wildman–Crippen LogP) is 0.594. The molecule has 0 aliphatic carbocycles. The van der Waals surface area contributed by atoms with Gasteiger partial charge in [-0.1, -0.05) is 0 Å². The fourth-order valence-corrected chi connectivity index (χ4v) is 1.34. The molecule has 0 aliphatic heterocycles. The number of amides is 3. The Kier molecular flexibility index (Phi) is 6.90. The molecule has 0 fully saturated rings. The average Bonchev–Trinajstić information content (AvgIpc) is 2.45. The first-order valence-corrected chi connectivity index (χ1v) is 6.13. The molecule has 0 aromatic heterocycles. The first-order chi connectivity index (χ1) is 10.4. The predicted molar refractivity (Wildman–Crippen MR) is 70.1 cm³/mol. The second-order valence-corrected chi connectivity index (χ2v) is 4.00. The minimum atomic E-state index is -1.15. The summed E-state index contributed by atoms with van der Waals surface area (Å²) in [4.78, 5) is 34.0. The first kappa shape index (κ1) is 17.5. The van der Waals surface area contributed by atoms with Crippen molar-refractivity contribution in [3.8, 4) is 0 Å². The van der Waals surface area contributed by atoms with E-state index in [0.717, 1.165) is 12.1 Å². The molecule has 0 atom stereocenters. The van der Waals surface area contributed by atoms with E-state index in [2.05, 4.69) is 14.8 Å². The lowest BCUT2D eigenvalue weighted by Crippen LogP contribution is -2.42. The van der Waals surface area contributed by atoms with Gasteiger partial charge in [-0.2, -0.15) is 0 Å². The number of urea groups is 1. The van der Waals surface area contributed by atoms with E-state index in [1.165, 1.54) is 7.11 Å². The highest BCUT2D eigenvalue weighted by Crippen LogP contribution is 2.10. The molecule has 0 unspecified atom stereocenters. The number of rotatable bonds is 6. The van der Waals surface area contributed by atoms with Crippen LogP contribution in [0.5, 0.6) is 0 Å². The number of methoxy groups -OCH3 is 1. The van der Waals surface area contributed by atoms with Crippen LogP contribution in [0.3, 0.4) is 0 Å². The van der Waals surface area contributed by atoms with Gasteiger partial charge in [0.1, 0.15) is 11.6 Å². The normalized spacial score (nSPS) is 9.95. The van der Waals surface area contributed by atoms with E-state index in [9.17, 15) is 23.2 Å². The number of benzene rings is 1. The van der Waals surface area contributed by atoms with Crippen LogP contribution in [0.25, 0.3) is 0 Å². The highest BCUT2D eigenvalue weighted by Gasteiger charge is 2.16. The van der Waals surface area contributed by atoms with Crippen LogP contribution in [0.15, 0.2) is 18.2 Å². The molecule has 0 spiro atoms. The third-order valence-electron chi connectivity index (χ3n) is 2.33. The highest BCUT2D eigenvalue weighted by molar-refractivity contribution is 5.97. The fourth-order valence-electron chi connectivity index (χ4n) is 1.34. The van der Waals surface area contributed by atoms with Crippen molar-refractivity contribution < 1.29 is 32.6 Å². The van der Waals surface area contributed by atoms with E-state index in [0.29, 0.717) is 6.07 Å². The number of esters is 1. The molecule has 1 rings (SSSR count). The molecule has 120 valence electrons. The zero-order valence-corrected chi connectivity index (χ0v) is 11.7. The molecular weight excluding hydrogens is 302 g/mol. The fraction of sp³-hybridized carbons (Fsp3) is 0.308. The Balaban J connectivity index is 2.40. The van der Waals surface area contributed by atoms with E-state index >= 15 is 0 Å². The monoisotopic (exact) mass is 316 g/mol. The number of hydrogen-bond donors (Lipinski definition) is 2. The Labute approximate surface area is 124 Å². The van der Waals surface area contributed by atoms with Gasteiger partial charge in [-0.3, -0.25) is 10.1 Å². The highest BCUT2D eigenvalue weighted by atomic mass is 19.1. The van der Waals surface area contributed by atoms with E-state index in [1.54, 1.807) is 0 Å². The molecule has 2 N–H and O–H groups in total. The zero-order valence-electron chi connectivity index (χ0n) is 11.7. The largest absolute Gasteiger partial charge is 0.452 e. The minimum absolute atomic E-state index is 0.191. The van der Waals surface area contributed by atoms with Crippen molar-refractivity contribution in [2.45, 2.75) is 0 Å². The smallest absolute Gasteiger partial charge is 0.341 e. The van der Waals surface area contributed by atoms with E-state index < -0.39 is 41.7 Å². The topological polar surface area (TPSA) is 93.7 Å². The van der Waals surface area contributed by atoms with Crippen LogP contribution < -0.4 is 10.6 Å². The van der Waals surface area contributed by atoms with Gasteiger partial charge in [0.25, 0.3) is 5.91 Å². The van der Waals surface area contributed by atoms with Crippen LogP contribution >= 0.6 is 0 Å². The molecule has 22 heavy (non-hydrogen) atoms. The maximum absolute atomic E-state index is 13.3. The van der Waals surface area contributed by atoms with Gasteiger partial charge in [-0.25, -0.2) is 18.4 Å². The standard InChI is InChI=1S/C13H14F2N2O5/c1-21-5-4-16-13(20)17-11(18)7-22-12(19)9-3-2-8(14)6-10(9)15/h2-3,6H,4-5,7H2,1H3,(H2,16,17,18,20). The summed E-state index contributed by atoms with van der Waals surface area (Å²) in [6.07, 6.45) is 0. The van der Waals surface area contributed by atoms with Crippen LogP contribution in [0, 0.1) is 11.6 Å². The van der Waals surface area contributed by atoms with Crippen molar-refractivity contribution in [3.05, 3.63) is 35.4 Å². The summed E-state index contributed by atoms with van der Waals surface area (Å²) < 4.78 is 35.2. The summed E-state index contributed by atoms with van der Waals surface area (Å²) in [5, 5.41) is 4.20. The maximum Gasteiger partial charge on any atom is 0.341 e. The Morgan fingerprint density at radius 3 is 2.59 bits per heavy atom. The maximum atomic E-state index is 13.3. The van der Waals surface area contributed by atoms with E-state index in [4.69, 9.17) is 0 Å². The van der Waals surface area contributed by atoms with Gasteiger partial charge in [-0.05, 0) is 12.1 Å². The summed E-state index contributed by atoms with van der Waals surface area (Å²) in [6.45, 7) is -0.329. The van der Waals surface area contributed by atoms with Gasteiger partial charge in [0.05, 0.1) is 12.2 Å². The summed E-state index contributed by atoms with van der Waals surface area (Å²) >= 11 is 0. The van der Waals surface area contributed by atoms with Gasteiger partial charge >= 0.3 is 12.0 Å². The quantitative estimate of drug-likeness (QED) is 0.592. The van der Waals surface area contributed by atoms with Gasteiger partial charge in [0, 0.05) is 19.7 Å². The van der Waals surface area contributed by atoms with Crippen molar-refractivity contribution in [2.75, 3.05) is 26.9 Å². The van der Waals surface area contributed by atoms with Crippen molar-refractivity contribution in [3.63, 3.8) is 0 Å². The molecule has 7 nitrogen and oxygen atoms in total. The summed E-state index contributed by atoms with van der Waals surface area (Å²) in [6, 6.07) is 1.50. The number of carbonyl (C=O) groups excluding carboxylic acids is 3. The molecule has 0 radical (unpaired) electrons. The van der Waals surface area contributed by atoms with Crippen molar-refractivity contribution >= 4 is 17.9 Å². The average molecular weight is 316 g/mol. The third kappa shape index (κ3) is 5.83. The Bertz CT molecular complexity index is 565. The lowest BCUT2D eigenvalue weighted by molar-refractivity contribution is -0.123. The van der Waals surface area contributed by atoms with Crippen LogP contribution in [0.2, 0.25) is 0 Å². The zero-order chi connectivity index (χ0) is 16.5. The van der Waals surface area contributed by atoms with Crippen LogP contribution in [0.1, 0.15) is 10.4 Å². The number of imide groups is 1. The molecule has 1 aromatic carbocycles. The lowest BCUT2D eigenvalue weighted by atomic mass is 10.2. The number of hydrogen-bond acceptors (Lipinski definition) is 5. The Morgan fingerprint density at radius 2 is 1.95 bits per heavy atom. The van der Waals surface area contributed by atoms with Crippen molar-refractivity contribution in [1.29, 1.82) is 0 Å². The van der Waals surface area contributed by atoms with Gasteiger partial charge < -0.3 is 14.8 Å². The third-order valence-corrected chi connectivity index (χ3v) is 2.33. The van der Waals surface area contributed by atoms with Crippen LogP contribution in [-0.4, -0.2) is 44.8 Å². The first-order valence-electron chi connectivity index (χ1n) is 6.13. The number of carbonyl (C=O) groups is 3. The molecule has 0 saturated heterocycles. The summed E-state index contributed by atoms with van der Waals surface area (Å²) in [5.41, 5.74) is -0.515. The number of nitrogens with one attached hydrogen (secondary N) is 2. The van der Waals surface area contributed by atoms with Crippen LogP contribution in [-0.2, 0) is 14.3 Å². The van der Waals surface area contributed by atoms with Gasteiger partial charge in [-0.15, -0.1) is 0 Å². The van der Waals surface area contributed by atoms with Crippen molar-refractivity contribution in [1.82, 2.24) is 10.6 Å². The molecule has 0 heterocycles. The Morgan fingerprint density at radius 1 is 1.23 bits per heavy atom. The van der Waals surface area contributed by atoms with E-state index in [-0.39, 0.29) is 13.2 Å². The Hall–Kier alpha value is -2.55. The van der Waals surface area contributed by atoms with E-state index in [1.807, 2.05) is 5.32 Å². The number of halogens is 2. The summed E-state index contributed by atoms with van der Waals surface area (Å²) in [7, 11) is 1.44. The molecule has 3 amide bonds. The number of ether oxygens (including phenoxy) is 2. The lowest BCUT2D eigenvalue weighted by Gasteiger charge is -2.07. The molecular formula is C13H14F2N2O5. The molecule has 9 heteroatoms. The molecule has 1 aromatic rings. The second kappa shape index (κ2) is 8.67. The SMILES string of the molecule is COCCNC(=O)NC(=O)COC(=O)c1ccc(F)cc1F. The van der Waals surface area contributed by atoms with Crippen molar-refractivity contribution in [2.24, 2.45) is 0 Å². The van der Waals surface area contributed by atoms with Gasteiger partial charge in [0.2, 0.25) is 0 Å². The summed E-state index contributed by atoms with van der Waals surface area (Å²) in [5.74, 6) is -4.00. The second-order valence-electron chi connectivity index (χ2n) is 4.00. The van der Waals surface area contributed by atoms with Crippen LogP contribution in [0.4, 0.5) is 13.6 Å². The van der Waals surface area contributed by atoms with Gasteiger partial charge in [0.15, 0.2) is 6.61 Å². The molecule has 0 bridgehead atoms.